The van der Waals surface area contributed by atoms with Crippen molar-refractivity contribution in [1.82, 2.24) is 10.2 Å². The van der Waals surface area contributed by atoms with Crippen LogP contribution >= 0.6 is 0 Å². The number of nitrogens with zero attached hydrogens (tertiary/aromatic N) is 1. The fraction of sp³-hybridized carbons (Fsp3) is 0.529. The molecule has 0 radical (unpaired) electrons. The van der Waals surface area contributed by atoms with Crippen LogP contribution < -0.4 is 14.8 Å². The van der Waals surface area contributed by atoms with Crippen LogP contribution in [0.2, 0.25) is 0 Å². The summed E-state index contributed by atoms with van der Waals surface area (Å²) in [6, 6.07) is 5.20. The largest absolute Gasteiger partial charge is 0.454 e. The summed E-state index contributed by atoms with van der Waals surface area (Å²) in [6.07, 6.45) is 1.91. The number of rotatable bonds is 6. The third-order valence-electron chi connectivity index (χ3n) is 4.22. The number of carbonyl (C=O) groups excluding carboxylic acids is 2. The fourth-order valence-corrected chi connectivity index (χ4v) is 2.94. The summed E-state index contributed by atoms with van der Waals surface area (Å²) in [5, 5.41) is 2.78. The summed E-state index contributed by atoms with van der Waals surface area (Å²) in [5.74, 6) is 1.28. The molecule has 0 unspecified atom stereocenters. The van der Waals surface area contributed by atoms with E-state index < -0.39 is 6.04 Å². The molecule has 1 aromatic rings. The molecule has 1 fully saturated rings. The van der Waals surface area contributed by atoms with Crippen molar-refractivity contribution in [3.05, 3.63) is 23.8 Å². The van der Waals surface area contributed by atoms with Crippen LogP contribution in [0, 0.1) is 0 Å². The molecule has 7 nitrogen and oxygen atoms in total. The van der Waals surface area contributed by atoms with Crippen LogP contribution in [-0.2, 0) is 20.9 Å². The van der Waals surface area contributed by atoms with Crippen LogP contribution in [0.3, 0.4) is 0 Å². The van der Waals surface area contributed by atoms with E-state index >= 15 is 0 Å². The van der Waals surface area contributed by atoms with E-state index in [1.807, 2.05) is 18.2 Å². The molecule has 1 aromatic carbocycles. The number of carbonyl (C=O) groups is 2. The Hall–Kier alpha value is -2.28. The van der Waals surface area contributed by atoms with Gasteiger partial charge in [-0.2, -0.15) is 0 Å². The van der Waals surface area contributed by atoms with Crippen LogP contribution in [-0.4, -0.2) is 49.8 Å². The van der Waals surface area contributed by atoms with Crippen molar-refractivity contribution in [3.8, 4) is 11.5 Å². The molecular weight excluding hydrogens is 312 g/mol. The lowest BCUT2D eigenvalue weighted by molar-refractivity contribution is -0.139. The van der Waals surface area contributed by atoms with Crippen LogP contribution in [0.15, 0.2) is 18.2 Å². The first-order valence-electron chi connectivity index (χ1n) is 8.13. The molecular formula is C17H22N2O5. The minimum Gasteiger partial charge on any atom is -0.454 e. The Kier molecular flexibility index (Phi) is 5.20. The maximum Gasteiger partial charge on any atom is 0.245 e. The van der Waals surface area contributed by atoms with Gasteiger partial charge in [0.1, 0.15) is 6.04 Å². The molecule has 0 saturated carbocycles. The number of hydrogen-bond acceptors (Lipinski definition) is 5. The van der Waals surface area contributed by atoms with Crippen LogP contribution in [0.4, 0.5) is 0 Å². The molecule has 3 rings (SSSR count). The van der Waals surface area contributed by atoms with Gasteiger partial charge in [0, 0.05) is 26.6 Å². The predicted molar refractivity (Wildman–Crippen MR) is 85.6 cm³/mol. The first kappa shape index (κ1) is 16.6. The second kappa shape index (κ2) is 7.53. The standard InChI is InChI=1S/C17H22N2O5/c1-22-8-7-19(17(21)13-3-2-4-16(20)18-13)10-12-5-6-14-15(9-12)24-11-23-14/h5-6,9,13H,2-4,7-8,10-11H2,1H3,(H,18,20)/t13-/m1/s1. The Bertz CT molecular complexity index is 619. The lowest BCUT2D eigenvalue weighted by Gasteiger charge is -2.30. The van der Waals surface area contributed by atoms with Crippen molar-refractivity contribution in [2.45, 2.75) is 31.8 Å². The zero-order chi connectivity index (χ0) is 16.9. The van der Waals surface area contributed by atoms with Gasteiger partial charge < -0.3 is 24.4 Å². The summed E-state index contributed by atoms with van der Waals surface area (Å²) in [7, 11) is 1.60. The Morgan fingerprint density at radius 1 is 1.38 bits per heavy atom. The number of ether oxygens (including phenoxy) is 3. The lowest BCUT2D eigenvalue weighted by atomic mass is 10.0. The first-order chi connectivity index (χ1) is 11.7. The fourth-order valence-electron chi connectivity index (χ4n) is 2.94. The van der Waals surface area contributed by atoms with Gasteiger partial charge in [-0.3, -0.25) is 9.59 Å². The molecule has 0 aromatic heterocycles. The SMILES string of the molecule is COCCN(Cc1ccc2c(c1)OCO2)C(=O)[C@H]1CCCC(=O)N1. The van der Waals surface area contributed by atoms with Gasteiger partial charge in [-0.05, 0) is 30.5 Å². The maximum absolute atomic E-state index is 12.8. The summed E-state index contributed by atoms with van der Waals surface area (Å²) >= 11 is 0. The summed E-state index contributed by atoms with van der Waals surface area (Å²) < 4.78 is 15.8. The topological polar surface area (TPSA) is 77.1 Å². The van der Waals surface area contributed by atoms with E-state index in [0.29, 0.717) is 44.0 Å². The van der Waals surface area contributed by atoms with Crippen molar-refractivity contribution in [1.29, 1.82) is 0 Å². The van der Waals surface area contributed by atoms with Gasteiger partial charge in [0.05, 0.1) is 6.61 Å². The van der Waals surface area contributed by atoms with E-state index in [0.717, 1.165) is 12.0 Å². The third-order valence-corrected chi connectivity index (χ3v) is 4.22. The maximum atomic E-state index is 12.8. The smallest absolute Gasteiger partial charge is 0.245 e. The molecule has 2 amide bonds. The summed E-state index contributed by atoms with van der Waals surface area (Å²) in [6.45, 7) is 1.57. The highest BCUT2D eigenvalue weighted by molar-refractivity contribution is 5.88. The summed E-state index contributed by atoms with van der Waals surface area (Å²) in [5.41, 5.74) is 0.950. The Balaban J connectivity index is 1.71. The van der Waals surface area contributed by atoms with Gasteiger partial charge in [-0.1, -0.05) is 6.07 Å². The number of hydrogen-bond donors (Lipinski definition) is 1. The highest BCUT2D eigenvalue weighted by Crippen LogP contribution is 2.32. The lowest BCUT2D eigenvalue weighted by Crippen LogP contribution is -2.51. The van der Waals surface area contributed by atoms with E-state index in [2.05, 4.69) is 5.32 Å². The van der Waals surface area contributed by atoms with E-state index in [-0.39, 0.29) is 18.6 Å². The molecule has 0 aliphatic carbocycles. The van der Waals surface area contributed by atoms with Gasteiger partial charge >= 0.3 is 0 Å². The Morgan fingerprint density at radius 3 is 3.00 bits per heavy atom. The molecule has 2 heterocycles. The van der Waals surface area contributed by atoms with Crippen molar-refractivity contribution in [2.75, 3.05) is 27.1 Å². The molecule has 0 bridgehead atoms. The zero-order valence-corrected chi connectivity index (χ0v) is 13.7. The number of nitrogens with one attached hydrogen (secondary N) is 1. The second-order valence-electron chi connectivity index (χ2n) is 5.95. The third kappa shape index (κ3) is 3.79. The van der Waals surface area contributed by atoms with Crippen molar-refractivity contribution >= 4 is 11.8 Å². The molecule has 1 N–H and O–H groups in total. The van der Waals surface area contributed by atoms with Gasteiger partial charge in [-0.25, -0.2) is 0 Å². The van der Waals surface area contributed by atoms with Crippen LogP contribution in [0.1, 0.15) is 24.8 Å². The Labute approximate surface area is 140 Å². The van der Waals surface area contributed by atoms with Crippen LogP contribution in [0.5, 0.6) is 11.5 Å². The van der Waals surface area contributed by atoms with E-state index in [1.165, 1.54) is 0 Å². The minimum absolute atomic E-state index is 0.0608. The molecule has 24 heavy (non-hydrogen) atoms. The van der Waals surface area contributed by atoms with Crippen molar-refractivity contribution in [3.63, 3.8) is 0 Å². The van der Waals surface area contributed by atoms with Crippen molar-refractivity contribution in [2.24, 2.45) is 0 Å². The highest BCUT2D eigenvalue weighted by atomic mass is 16.7. The predicted octanol–water partition coefficient (Wildman–Crippen LogP) is 1.06. The average Bonchev–Trinajstić information content (AvgIpc) is 3.05. The normalized spacial score (nSPS) is 19.0. The Morgan fingerprint density at radius 2 is 2.21 bits per heavy atom. The molecule has 1 atom stereocenters. The quantitative estimate of drug-likeness (QED) is 0.842. The minimum atomic E-state index is -0.447. The van der Waals surface area contributed by atoms with Gasteiger partial charge in [0.15, 0.2) is 11.5 Å². The number of piperidine rings is 1. The number of fused-ring (bicyclic) bond motifs is 1. The number of amides is 2. The summed E-state index contributed by atoms with van der Waals surface area (Å²) in [4.78, 5) is 26.1. The van der Waals surface area contributed by atoms with E-state index in [1.54, 1.807) is 12.0 Å². The van der Waals surface area contributed by atoms with Crippen LogP contribution in [0.25, 0.3) is 0 Å². The molecule has 130 valence electrons. The van der Waals surface area contributed by atoms with Crippen molar-refractivity contribution < 1.29 is 23.8 Å². The average molecular weight is 334 g/mol. The molecule has 7 heteroatoms. The first-order valence-corrected chi connectivity index (χ1v) is 8.13. The second-order valence-corrected chi connectivity index (χ2v) is 5.95. The molecule has 1 saturated heterocycles. The van der Waals surface area contributed by atoms with Gasteiger partial charge in [-0.15, -0.1) is 0 Å². The zero-order valence-electron chi connectivity index (χ0n) is 13.7. The number of benzene rings is 1. The number of methoxy groups -OCH3 is 1. The molecule has 0 spiro atoms. The monoisotopic (exact) mass is 334 g/mol. The molecule has 2 aliphatic rings. The highest BCUT2D eigenvalue weighted by Gasteiger charge is 2.28. The van der Waals surface area contributed by atoms with Gasteiger partial charge in [0.2, 0.25) is 18.6 Å². The van der Waals surface area contributed by atoms with E-state index in [9.17, 15) is 9.59 Å². The molecule has 2 aliphatic heterocycles. The van der Waals surface area contributed by atoms with E-state index in [4.69, 9.17) is 14.2 Å². The van der Waals surface area contributed by atoms with Gasteiger partial charge in [0.25, 0.3) is 0 Å².